The number of likely N-dealkylation sites (N-methyl/N-ethyl adjacent to an activating group) is 1. The third-order valence-corrected chi connectivity index (χ3v) is 3.20. The van der Waals surface area contributed by atoms with Crippen LogP contribution < -0.4 is 5.73 Å². The minimum atomic E-state index is -0.139. The van der Waals surface area contributed by atoms with Crippen LogP contribution in [-0.4, -0.2) is 29.4 Å². The van der Waals surface area contributed by atoms with Gasteiger partial charge in [0.05, 0.1) is 17.1 Å². The third kappa shape index (κ3) is 3.57. The quantitative estimate of drug-likeness (QED) is 0.658. The van der Waals surface area contributed by atoms with Crippen LogP contribution in [0.5, 0.6) is 0 Å². The molecule has 0 aliphatic heterocycles. The lowest BCUT2D eigenvalue weighted by molar-refractivity contribution is 0.0814. The van der Waals surface area contributed by atoms with Crippen molar-refractivity contribution < 1.29 is 4.79 Å². The molecule has 1 aromatic rings. The Morgan fingerprint density at radius 1 is 1.62 bits per heavy atom. The zero-order valence-electron chi connectivity index (χ0n) is 8.54. The van der Waals surface area contributed by atoms with Crippen LogP contribution in [0.15, 0.2) is 18.2 Å². The number of benzene rings is 1. The SMILES string of the molecule is CN(CC(N)=S)C(=O)c1cc(Cl)ccc1I. The number of amides is 1. The zero-order valence-corrected chi connectivity index (χ0v) is 12.3. The summed E-state index contributed by atoms with van der Waals surface area (Å²) in [6, 6.07) is 5.18. The average Bonchev–Trinajstić information content (AvgIpc) is 2.19. The number of carbonyl (C=O) groups is 1. The number of carbonyl (C=O) groups excluding carboxylic acids is 1. The second-order valence-corrected chi connectivity index (χ2v) is 5.37. The van der Waals surface area contributed by atoms with Crippen molar-refractivity contribution in [1.29, 1.82) is 0 Å². The molecule has 0 saturated heterocycles. The Morgan fingerprint density at radius 2 is 2.25 bits per heavy atom. The fourth-order valence-corrected chi connectivity index (χ4v) is 2.10. The van der Waals surface area contributed by atoms with Crippen LogP contribution in [0.4, 0.5) is 0 Å². The van der Waals surface area contributed by atoms with E-state index in [0.717, 1.165) is 3.57 Å². The van der Waals surface area contributed by atoms with Gasteiger partial charge in [0.15, 0.2) is 0 Å². The molecule has 0 spiro atoms. The normalized spacial score (nSPS) is 9.94. The Balaban J connectivity index is 2.95. The first-order valence-corrected chi connectivity index (χ1v) is 6.27. The Bertz CT molecular complexity index is 439. The minimum absolute atomic E-state index is 0.139. The monoisotopic (exact) mass is 368 g/mol. The van der Waals surface area contributed by atoms with Crippen molar-refractivity contribution in [2.75, 3.05) is 13.6 Å². The van der Waals surface area contributed by atoms with Crippen molar-refractivity contribution in [2.45, 2.75) is 0 Å². The molecule has 6 heteroatoms. The van der Waals surface area contributed by atoms with E-state index in [2.05, 4.69) is 22.6 Å². The lowest BCUT2D eigenvalue weighted by Gasteiger charge is -2.17. The molecule has 0 bridgehead atoms. The number of hydrogen-bond acceptors (Lipinski definition) is 2. The van der Waals surface area contributed by atoms with Crippen molar-refractivity contribution >= 4 is 57.3 Å². The first kappa shape index (κ1) is 13.7. The van der Waals surface area contributed by atoms with Gasteiger partial charge >= 0.3 is 0 Å². The molecule has 3 nitrogen and oxygen atoms in total. The number of halogens is 2. The summed E-state index contributed by atoms with van der Waals surface area (Å²) in [7, 11) is 1.65. The molecule has 0 radical (unpaired) electrons. The molecule has 1 rings (SSSR count). The van der Waals surface area contributed by atoms with Gasteiger partial charge in [-0.05, 0) is 40.8 Å². The van der Waals surface area contributed by atoms with Crippen molar-refractivity contribution in [3.8, 4) is 0 Å². The summed E-state index contributed by atoms with van der Waals surface area (Å²) in [4.78, 5) is 13.8. The van der Waals surface area contributed by atoms with Crippen LogP contribution in [0.25, 0.3) is 0 Å². The molecule has 86 valence electrons. The van der Waals surface area contributed by atoms with Gasteiger partial charge in [0.25, 0.3) is 5.91 Å². The maximum Gasteiger partial charge on any atom is 0.255 e. The van der Waals surface area contributed by atoms with E-state index in [1.165, 1.54) is 4.90 Å². The molecular formula is C10H10ClIN2OS. The summed E-state index contributed by atoms with van der Waals surface area (Å²) in [5.74, 6) is -0.139. The topological polar surface area (TPSA) is 46.3 Å². The molecule has 0 aliphatic carbocycles. The zero-order chi connectivity index (χ0) is 12.3. The summed E-state index contributed by atoms with van der Waals surface area (Å²) >= 11 is 12.7. The van der Waals surface area contributed by atoms with Crippen molar-refractivity contribution in [3.05, 3.63) is 32.4 Å². The number of nitrogens with two attached hydrogens (primary N) is 1. The molecule has 1 aromatic carbocycles. The van der Waals surface area contributed by atoms with Crippen LogP contribution in [0.3, 0.4) is 0 Å². The van der Waals surface area contributed by atoms with Gasteiger partial charge in [-0.1, -0.05) is 23.8 Å². The van der Waals surface area contributed by atoms with Crippen molar-refractivity contribution in [2.24, 2.45) is 5.73 Å². The van der Waals surface area contributed by atoms with Crippen molar-refractivity contribution in [1.82, 2.24) is 4.90 Å². The molecule has 16 heavy (non-hydrogen) atoms. The van der Waals surface area contributed by atoms with E-state index in [1.54, 1.807) is 25.2 Å². The average molecular weight is 369 g/mol. The van der Waals surface area contributed by atoms with E-state index in [1.807, 2.05) is 0 Å². The molecule has 0 atom stereocenters. The van der Waals surface area contributed by atoms with E-state index in [9.17, 15) is 4.79 Å². The Morgan fingerprint density at radius 3 is 2.81 bits per heavy atom. The lowest BCUT2D eigenvalue weighted by Crippen LogP contribution is -2.34. The van der Waals surface area contributed by atoms with Gasteiger partial charge in [-0.3, -0.25) is 4.79 Å². The highest BCUT2D eigenvalue weighted by Crippen LogP contribution is 2.19. The lowest BCUT2D eigenvalue weighted by atomic mass is 10.2. The standard InChI is InChI=1S/C10H10ClIN2OS/c1-14(5-9(13)16)10(15)7-4-6(11)2-3-8(7)12/h2-4H,5H2,1H3,(H2,13,16). The molecule has 0 heterocycles. The Kier molecular flexibility index (Phi) is 4.94. The number of hydrogen-bond donors (Lipinski definition) is 1. The van der Waals surface area contributed by atoms with E-state index in [-0.39, 0.29) is 17.4 Å². The Labute approximate surface area is 118 Å². The van der Waals surface area contributed by atoms with E-state index < -0.39 is 0 Å². The van der Waals surface area contributed by atoms with E-state index >= 15 is 0 Å². The predicted molar refractivity (Wildman–Crippen MR) is 77.9 cm³/mol. The molecule has 0 aromatic heterocycles. The van der Waals surface area contributed by atoms with Gasteiger partial charge in [0.1, 0.15) is 0 Å². The second-order valence-electron chi connectivity index (χ2n) is 3.25. The van der Waals surface area contributed by atoms with Gasteiger partial charge in [-0.2, -0.15) is 0 Å². The third-order valence-electron chi connectivity index (χ3n) is 1.90. The Hall–Kier alpha value is -0.400. The van der Waals surface area contributed by atoms with Gasteiger partial charge in [0, 0.05) is 15.6 Å². The molecule has 0 unspecified atom stereocenters. The van der Waals surface area contributed by atoms with E-state index in [4.69, 9.17) is 29.6 Å². The molecular weight excluding hydrogens is 359 g/mol. The summed E-state index contributed by atoms with van der Waals surface area (Å²) in [5.41, 5.74) is 5.95. The fraction of sp³-hybridized carbons (Fsp3) is 0.200. The van der Waals surface area contributed by atoms with Gasteiger partial charge in [0.2, 0.25) is 0 Å². The maximum absolute atomic E-state index is 12.0. The van der Waals surface area contributed by atoms with E-state index in [0.29, 0.717) is 10.6 Å². The highest BCUT2D eigenvalue weighted by atomic mass is 127. The van der Waals surface area contributed by atoms with Crippen LogP contribution in [0.1, 0.15) is 10.4 Å². The molecule has 0 fully saturated rings. The summed E-state index contributed by atoms with van der Waals surface area (Å²) in [5, 5.41) is 0.535. The van der Waals surface area contributed by atoms with Gasteiger partial charge < -0.3 is 10.6 Å². The summed E-state index contributed by atoms with van der Waals surface area (Å²) in [6.45, 7) is 0.261. The number of nitrogens with zero attached hydrogens (tertiary/aromatic N) is 1. The highest BCUT2D eigenvalue weighted by Gasteiger charge is 2.15. The summed E-state index contributed by atoms with van der Waals surface area (Å²) < 4.78 is 0.849. The number of thiocarbonyl (C=S) groups is 1. The molecule has 2 N–H and O–H groups in total. The van der Waals surface area contributed by atoms with Crippen LogP contribution >= 0.6 is 46.4 Å². The highest BCUT2D eigenvalue weighted by molar-refractivity contribution is 14.1. The van der Waals surface area contributed by atoms with Crippen LogP contribution in [-0.2, 0) is 0 Å². The maximum atomic E-state index is 12.0. The predicted octanol–water partition coefficient (Wildman–Crippen LogP) is 2.30. The first-order valence-electron chi connectivity index (χ1n) is 4.40. The minimum Gasteiger partial charge on any atom is -0.392 e. The van der Waals surface area contributed by atoms with Crippen LogP contribution in [0, 0.1) is 3.57 Å². The van der Waals surface area contributed by atoms with Crippen LogP contribution in [0.2, 0.25) is 5.02 Å². The molecule has 0 saturated carbocycles. The summed E-state index contributed by atoms with van der Waals surface area (Å²) in [6.07, 6.45) is 0. The smallest absolute Gasteiger partial charge is 0.255 e. The van der Waals surface area contributed by atoms with Gasteiger partial charge in [-0.15, -0.1) is 0 Å². The number of rotatable bonds is 3. The molecule has 0 aliphatic rings. The molecule has 1 amide bonds. The second kappa shape index (κ2) is 5.79. The largest absolute Gasteiger partial charge is 0.392 e. The fourth-order valence-electron chi connectivity index (χ4n) is 1.17. The van der Waals surface area contributed by atoms with Crippen molar-refractivity contribution in [3.63, 3.8) is 0 Å². The van der Waals surface area contributed by atoms with Gasteiger partial charge in [-0.25, -0.2) is 0 Å². The first-order chi connectivity index (χ1) is 7.41.